The average molecular weight is 751 g/mol. The maximum atomic E-state index is 6.13. The number of unbranched alkanes of at least 4 members (excludes halogenated alkanes) is 24. The molecule has 0 aliphatic carbocycles. The molecule has 0 saturated heterocycles. The van der Waals surface area contributed by atoms with Crippen molar-refractivity contribution in [1.82, 2.24) is 0 Å². The minimum Gasteiger partial charge on any atom is -0.427 e. The SMILES string of the molecule is CCCCCCCCCCOC(C)CCCCCCCCOP(OCCCCCCCCC(C)OCCCCCCCCCC)Oc1ccccc1. The maximum absolute atomic E-state index is 6.13. The van der Waals surface area contributed by atoms with E-state index >= 15 is 0 Å². The lowest BCUT2D eigenvalue weighted by molar-refractivity contribution is 0.0555. The standard InChI is InChI=1S/C46H87O5P/c1-5-7-9-11-13-17-23-32-40-47-44(3)36-28-21-15-19-25-34-42-49-52(51-46-38-30-27-31-39-46)50-43-35-26-20-16-22-29-37-45(4)48-41-33-24-18-14-12-10-8-6-2/h27,30-31,38-39,44-45H,5-26,28-29,32-37,40-43H2,1-4H3. The molecule has 0 amide bonds. The van der Waals surface area contributed by atoms with Crippen molar-refractivity contribution in [1.29, 1.82) is 0 Å². The lowest BCUT2D eigenvalue weighted by Crippen LogP contribution is -2.09. The van der Waals surface area contributed by atoms with E-state index < -0.39 is 8.60 Å². The van der Waals surface area contributed by atoms with Crippen molar-refractivity contribution in [2.24, 2.45) is 0 Å². The van der Waals surface area contributed by atoms with E-state index in [1.807, 2.05) is 30.3 Å². The van der Waals surface area contributed by atoms with Gasteiger partial charge in [0.2, 0.25) is 0 Å². The number of rotatable bonds is 42. The van der Waals surface area contributed by atoms with E-state index in [0.29, 0.717) is 25.4 Å². The molecule has 0 fully saturated rings. The second kappa shape index (κ2) is 40.0. The summed E-state index contributed by atoms with van der Waals surface area (Å²) in [6, 6.07) is 9.96. The topological polar surface area (TPSA) is 46.2 Å². The Balaban J connectivity index is 2.01. The van der Waals surface area contributed by atoms with Crippen molar-refractivity contribution >= 4 is 8.60 Å². The summed E-state index contributed by atoms with van der Waals surface area (Å²) >= 11 is 0. The van der Waals surface area contributed by atoms with Crippen molar-refractivity contribution in [3.8, 4) is 5.75 Å². The van der Waals surface area contributed by atoms with Gasteiger partial charge in [0.05, 0.1) is 25.4 Å². The first-order valence-corrected chi connectivity index (χ1v) is 23.8. The molecule has 0 N–H and O–H groups in total. The highest BCUT2D eigenvalue weighted by atomic mass is 31.2. The molecule has 0 aliphatic heterocycles. The van der Waals surface area contributed by atoms with Gasteiger partial charge in [-0.2, -0.15) is 0 Å². The molecule has 0 spiro atoms. The summed E-state index contributed by atoms with van der Waals surface area (Å²) in [6.45, 7) is 12.3. The fourth-order valence-electron chi connectivity index (χ4n) is 6.63. The van der Waals surface area contributed by atoms with Crippen LogP contribution in [0.5, 0.6) is 5.75 Å². The van der Waals surface area contributed by atoms with E-state index in [9.17, 15) is 0 Å². The van der Waals surface area contributed by atoms with Gasteiger partial charge in [0.15, 0.2) is 0 Å². The molecule has 52 heavy (non-hydrogen) atoms. The molecule has 0 heterocycles. The predicted octanol–water partition coefficient (Wildman–Crippen LogP) is 15.9. The first-order valence-electron chi connectivity index (χ1n) is 22.7. The number of ether oxygens (including phenoxy) is 2. The van der Waals surface area contributed by atoms with Gasteiger partial charge in [0, 0.05) is 13.2 Å². The smallest absolute Gasteiger partial charge is 0.397 e. The van der Waals surface area contributed by atoms with Crippen molar-refractivity contribution in [2.45, 2.75) is 233 Å². The Morgan fingerprint density at radius 3 is 1.12 bits per heavy atom. The summed E-state index contributed by atoms with van der Waals surface area (Å²) in [5, 5.41) is 0. The third-order valence-corrected chi connectivity index (χ3v) is 11.3. The molecule has 0 aromatic heterocycles. The molecular formula is C46H87O5P. The molecule has 1 aromatic rings. The summed E-state index contributed by atoms with van der Waals surface area (Å²) in [4.78, 5) is 0. The molecule has 306 valence electrons. The van der Waals surface area contributed by atoms with Crippen LogP contribution in [0.25, 0.3) is 0 Å². The first kappa shape index (κ1) is 49.3. The Morgan fingerprint density at radius 2 is 0.731 bits per heavy atom. The van der Waals surface area contributed by atoms with Gasteiger partial charge in [0.25, 0.3) is 0 Å². The fourth-order valence-corrected chi connectivity index (χ4v) is 7.66. The van der Waals surface area contributed by atoms with Crippen molar-refractivity contribution in [3.63, 3.8) is 0 Å². The molecule has 1 rings (SSSR count). The number of hydrogen-bond donors (Lipinski definition) is 0. The minimum atomic E-state index is -1.37. The Kier molecular flexibility index (Phi) is 37.9. The van der Waals surface area contributed by atoms with Crippen LogP contribution in [0.3, 0.4) is 0 Å². The Hall–Kier alpha value is -0.710. The number of hydrogen-bond acceptors (Lipinski definition) is 5. The van der Waals surface area contributed by atoms with Gasteiger partial charge in [-0.05, 0) is 64.5 Å². The van der Waals surface area contributed by atoms with Crippen molar-refractivity contribution < 1.29 is 23.0 Å². The highest BCUT2D eigenvalue weighted by molar-refractivity contribution is 7.42. The molecule has 5 nitrogen and oxygen atoms in total. The lowest BCUT2D eigenvalue weighted by atomic mass is 10.1. The summed E-state index contributed by atoms with van der Waals surface area (Å²) in [5.41, 5.74) is 0. The van der Waals surface area contributed by atoms with Crippen LogP contribution < -0.4 is 4.52 Å². The quantitative estimate of drug-likeness (QED) is 0.0492. The summed E-state index contributed by atoms with van der Waals surface area (Å²) < 4.78 is 30.5. The van der Waals surface area contributed by atoms with Crippen LogP contribution in [0.2, 0.25) is 0 Å². The van der Waals surface area contributed by atoms with Crippen LogP contribution in [0, 0.1) is 0 Å². The molecule has 2 atom stereocenters. The van der Waals surface area contributed by atoms with Crippen molar-refractivity contribution in [2.75, 3.05) is 26.4 Å². The maximum Gasteiger partial charge on any atom is 0.397 e. The Morgan fingerprint density at radius 1 is 0.404 bits per heavy atom. The Bertz CT molecular complexity index is 765. The van der Waals surface area contributed by atoms with Crippen LogP contribution >= 0.6 is 8.60 Å². The van der Waals surface area contributed by atoms with Gasteiger partial charge in [-0.1, -0.05) is 186 Å². The third-order valence-electron chi connectivity index (χ3n) is 10.1. The molecule has 1 aromatic carbocycles. The van der Waals surface area contributed by atoms with Gasteiger partial charge in [0.1, 0.15) is 5.75 Å². The highest BCUT2D eigenvalue weighted by Gasteiger charge is 2.15. The van der Waals surface area contributed by atoms with Gasteiger partial charge >= 0.3 is 8.60 Å². The van der Waals surface area contributed by atoms with Crippen LogP contribution in [0.1, 0.15) is 220 Å². The van der Waals surface area contributed by atoms with Gasteiger partial charge in [-0.3, -0.25) is 0 Å². The second-order valence-electron chi connectivity index (χ2n) is 15.4. The van der Waals surface area contributed by atoms with E-state index in [1.54, 1.807) is 0 Å². The second-order valence-corrected chi connectivity index (χ2v) is 16.6. The van der Waals surface area contributed by atoms with Crippen LogP contribution in [-0.2, 0) is 18.5 Å². The van der Waals surface area contributed by atoms with Crippen LogP contribution in [0.4, 0.5) is 0 Å². The van der Waals surface area contributed by atoms with Gasteiger partial charge < -0.3 is 23.0 Å². The fraction of sp³-hybridized carbons (Fsp3) is 0.870. The van der Waals surface area contributed by atoms with Crippen LogP contribution in [-0.4, -0.2) is 38.6 Å². The van der Waals surface area contributed by atoms with Crippen LogP contribution in [0.15, 0.2) is 30.3 Å². The van der Waals surface area contributed by atoms with E-state index in [4.69, 9.17) is 23.0 Å². The predicted molar refractivity (Wildman–Crippen MR) is 227 cm³/mol. The minimum absolute atomic E-state index is 0.398. The normalized spacial score (nSPS) is 13.4. The summed E-state index contributed by atoms with van der Waals surface area (Å²) in [7, 11) is -1.37. The lowest BCUT2D eigenvalue weighted by Gasteiger charge is -2.17. The van der Waals surface area contributed by atoms with E-state index in [0.717, 1.165) is 31.8 Å². The molecule has 0 bridgehead atoms. The Labute approximate surface area is 325 Å². The number of benzene rings is 1. The van der Waals surface area contributed by atoms with E-state index in [1.165, 1.54) is 180 Å². The average Bonchev–Trinajstić information content (AvgIpc) is 3.15. The molecule has 0 radical (unpaired) electrons. The third kappa shape index (κ3) is 35.0. The summed E-state index contributed by atoms with van der Waals surface area (Å²) in [6.07, 6.45) is 39.7. The molecule has 0 aliphatic rings. The summed E-state index contributed by atoms with van der Waals surface area (Å²) in [5.74, 6) is 0.820. The zero-order valence-electron chi connectivity index (χ0n) is 35.1. The van der Waals surface area contributed by atoms with E-state index in [-0.39, 0.29) is 0 Å². The van der Waals surface area contributed by atoms with Gasteiger partial charge in [-0.15, -0.1) is 0 Å². The first-order chi connectivity index (χ1) is 25.7. The zero-order valence-corrected chi connectivity index (χ0v) is 36.0. The zero-order chi connectivity index (χ0) is 37.4. The van der Waals surface area contributed by atoms with E-state index in [2.05, 4.69) is 27.7 Å². The largest absolute Gasteiger partial charge is 0.427 e. The number of para-hydroxylation sites is 1. The molecular weight excluding hydrogens is 663 g/mol. The molecule has 0 saturated carbocycles. The van der Waals surface area contributed by atoms with Gasteiger partial charge in [-0.25, -0.2) is 0 Å². The monoisotopic (exact) mass is 751 g/mol. The molecule has 6 heteroatoms. The van der Waals surface area contributed by atoms with Crippen molar-refractivity contribution in [3.05, 3.63) is 30.3 Å². The highest BCUT2D eigenvalue weighted by Crippen LogP contribution is 2.41. The molecule has 2 unspecified atom stereocenters.